The van der Waals surface area contributed by atoms with Crippen LogP contribution in [0.5, 0.6) is 0 Å². The number of hydrogen-bond acceptors (Lipinski definition) is 2. The second-order valence-corrected chi connectivity index (χ2v) is 3.92. The van der Waals surface area contributed by atoms with E-state index in [4.69, 9.17) is 9.84 Å². The fourth-order valence-corrected chi connectivity index (χ4v) is 1.93. The van der Waals surface area contributed by atoms with Gasteiger partial charge in [0.25, 0.3) is 0 Å². The third-order valence-corrected chi connectivity index (χ3v) is 2.74. The zero-order valence-electron chi connectivity index (χ0n) is 8.47. The Morgan fingerprint density at radius 3 is 2.67 bits per heavy atom. The molecule has 1 heterocycles. The van der Waals surface area contributed by atoms with Crippen LogP contribution >= 0.6 is 0 Å². The maximum atomic E-state index is 13.5. The van der Waals surface area contributed by atoms with E-state index >= 15 is 0 Å². The lowest BCUT2D eigenvalue weighted by Gasteiger charge is -2.13. The number of benzene rings is 1. The molecule has 0 saturated carbocycles. The van der Waals surface area contributed by atoms with Gasteiger partial charge in [0.2, 0.25) is 0 Å². The summed E-state index contributed by atoms with van der Waals surface area (Å²) in [4.78, 5) is 0. The number of aliphatic hydroxyl groups excluding tert-OH is 1. The number of hydrogen-bond donors (Lipinski definition) is 1. The van der Waals surface area contributed by atoms with Crippen LogP contribution in [-0.2, 0) is 11.2 Å². The third kappa shape index (κ3) is 2.55. The highest BCUT2D eigenvalue weighted by Crippen LogP contribution is 2.25. The van der Waals surface area contributed by atoms with Crippen LogP contribution in [0.3, 0.4) is 0 Å². The van der Waals surface area contributed by atoms with E-state index in [-0.39, 0.29) is 12.7 Å². The Morgan fingerprint density at radius 2 is 2.07 bits per heavy atom. The highest BCUT2D eigenvalue weighted by Gasteiger charge is 2.34. The molecule has 2 rings (SSSR count). The van der Waals surface area contributed by atoms with Crippen molar-refractivity contribution in [2.24, 2.45) is 0 Å². The van der Waals surface area contributed by atoms with E-state index < -0.39 is 12.3 Å². The fraction of sp³-hybridized carbons (Fsp3) is 0.500. The Balaban J connectivity index is 1.96. The minimum absolute atomic E-state index is 0.0916. The number of ether oxygens (including phenoxy) is 1. The minimum Gasteiger partial charge on any atom is -0.394 e. The largest absolute Gasteiger partial charge is 0.394 e. The van der Waals surface area contributed by atoms with E-state index in [1.165, 1.54) is 0 Å². The molecule has 3 heteroatoms. The van der Waals surface area contributed by atoms with E-state index in [1.807, 2.05) is 30.3 Å². The van der Waals surface area contributed by atoms with Gasteiger partial charge in [-0.2, -0.15) is 0 Å². The first-order valence-corrected chi connectivity index (χ1v) is 5.24. The van der Waals surface area contributed by atoms with E-state index in [0.717, 1.165) is 5.56 Å². The monoisotopic (exact) mass is 210 g/mol. The van der Waals surface area contributed by atoms with E-state index in [2.05, 4.69) is 0 Å². The lowest BCUT2D eigenvalue weighted by atomic mass is 10.0. The van der Waals surface area contributed by atoms with Gasteiger partial charge in [-0.05, 0) is 5.56 Å². The molecule has 1 N–H and O–H groups in total. The summed E-state index contributed by atoms with van der Waals surface area (Å²) in [6.07, 6.45) is -0.785. The average Bonchev–Trinajstić information content (AvgIpc) is 2.61. The lowest BCUT2D eigenvalue weighted by Crippen LogP contribution is -2.20. The first kappa shape index (κ1) is 10.6. The summed E-state index contributed by atoms with van der Waals surface area (Å²) < 4.78 is 18.9. The van der Waals surface area contributed by atoms with Gasteiger partial charge >= 0.3 is 0 Å². The molecule has 1 aliphatic heterocycles. The summed E-state index contributed by atoms with van der Waals surface area (Å²) in [5, 5.41) is 8.88. The number of alkyl halides is 1. The van der Waals surface area contributed by atoms with Gasteiger partial charge in [-0.15, -0.1) is 0 Å². The van der Waals surface area contributed by atoms with E-state index in [1.54, 1.807) is 0 Å². The quantitative estimate of drug-likeness (QED) is 0.823. The van der Waals surface area contributed by atoms with Crippen LogP contribution in [0.2, 0.25) is 0 Å². The maximum absolute atomic E-state index is 13.5. The van der Waals surface area contributed by atoms with Crippen LogP contribution in [0.4, 0.5) is 4.39 Å². The first-order chi connectivity index (χ1) is 7.29. The zero-order valence-corrected chi connectivity index (χ0v) is 8.47. The van der Waals surface area contributed by atoms with Crippen LogP contribution in [-0.4, -0.2) is 30.1 Å². The van der Waals surface area contributed by atoms with Gasteiger partial charge in [0.15, 0.2) is 0 Å². The predicted molar refractivity (Wildman–Crippen MR) is 55.4 cm³/mol. The molecule has 1 unspecified atom stereocenters. The van der Waals surface area contributed by atoms with Gasteiger partial charge in [0.05, 0.1) is 18.8 Å². The summed E-state index contributed by atoms with van der Waals surface area (Å²) in [6, 6.07) is 9.72. The number of aliphatic hydroxyl groups is 1. The summed E-state index contributed by atoms with van der Waals surface area (Å²) >= 11 is 0. The fourth-order valence-electron chi connectivity index (χ4n) is 1.93. The molecule has 1 fully saturated rings. The summed E-state index contributed by atoms with van der Waals surface area (Å²) in [5.74, 6) is 0. The molecule has 82 valence electrons. The topological polar surface area (TPSA) is 29.5 Å². The Morgan fingerprint density at radius 1 is 1.33 bits per heavy atom. The Kier molecular flexibility index (Phi) is 3.34. The van der Waals surface area contributed by atoms with Gasteiger partial charge < -0.3 is 9.84 Å². The Bertz CT molecular complexity index is 302. The van der Waals surface area contributed by atoms with Crippen molar-refractivity contribution in [3.63, 3.8) is 0 Å². The smallest absolute Gasteiger partial charge is 0.129 e. The van der Waals surface area contributed by atoms with Gasteiger partial charge in [0.1, 0.15) is 6.17 Å². The lowest BCUT2D eigenvalue weighted by molar-refractivity contribution is 0.00239. The molecule has 1 aromatic rings. The van der Waals surface area contributed by atoms with E-state index in [9.17, 15) is 4.39 Å². The zero-order chi connectivity index (χ0) is 10.7. The van der Waals surface area contributed by atoms with Crippen molar-refractivity contribution in [1.82, 2.24) is 0 Å². The molecule has 2 nitrogen and oxygen atoms in total. The van der Waals surface area contributed by atoms with Crippen molar-refractivity contribution in [2.75, 3.05) is 6.61 Å². The van der Waals surface area contributed by atoms with Crippen LogP contribution in [0.15, 0.2) is 30.3 Å². The molecule has 1 aliphatic rings. The van der Waals surface area contributed by atoms with Crippen molar-refractivity contribution in [1.29, 1.82) is 0 Å². The number of halogens is 1. The van der Waals surface area contributed by atoms with Gasteiger partial charge in [-0.3, -0.25) is 0 Å². The Labute approximate surface area is 88.7 Å². The highest BCUT2D eigenvalue weighted by atomic mass is 19.1. The van der Waals surface area contributed by atoms with E-state index in [0.29, 0.717) is 12.8 Å². The van der Waals surface area contributed by atoms with Crippen LogP contribution in [0.25, 0.3) is 0 Å². The SMILES string of the molecule is OC[C@@H]1CC(F)[C@H](Cc2ccccc2)O1. The van der Waals surface area contributed by atoms with Crippen molar-refractivity contribution in [3.05, 3.63) is 35.9 Å². The van der Waals surface area contributed by atoms with Crippen LogP contribution in [0.1, 0.15) is 12.0 Å². The molecule has 15 heavy (non-hydrogen) atoms. The molecule has 0 spiro atoms. The molecule has 0 bridgehead atoms. The van der Waals surface area contributed by atoms with Crippen molar-refractivity contribution in [3.8, 4) is 0 Å². The number of rotatable bonds is 3. The van der Waals surface area contributed by atoms with Crippen molar-refractivity contribution in [2.45, 2.75) is 31.2 Å². The normalized spacial score (nSPS) is 30.7. The first-order valence-electron chi connectivity index (χ1n) is 5.24. The van der Waals surface area contributed by atoms with Gasteiger partial charge in [0, 0.05) is 12.8 Å². The predicted octanol–water partition coefficient (Wildman–Crippen LogP) is 1.72. The highest BCUT2D eigenvalue weighted by molar-refractivity contribution is 5.16. The maximum Gasteiger partial charge on any atom is 0.129 e. The standard InChI is InChI=1S/C12H15FO2/c13-11-7-10(8-14)15-12(11)6-9-4-2-1-3-5-9/h1-5,10-12,14H,6-8H2/t10-,11?,12-/m0/s1. The molecule has 0 amide bonds. The van der Waals surface area contributed by atoms with Crippen LogP contribution in [0, 0.1) is 0 Å². The third-order valence-electron chi connectivity index (χ3n) is 2.74. The molecular weight excluding hydrogens is 195 g/mol. The molecule has 0 aliphatic carbocycles. The molecule has 1 aromatic carbocycles. The Hall–Kier alpha value is -0.930. The summed E-state index contributed by atoms with van der Waals surface area (Å²) in [6.45, 7) is -0.0916. The minimum atomic E-state index is -0.956. The second-order valence-electron chi connectivity index (χ2n) is 3.92. The second kappa shape index (κ2) is 4.73. The summed E-state index contributed by atoms with van der Waals surface area (Å²) in [5.41, 5.74) is 1.07. The van der Waals surface area contributed by atoms with Crippen molar-refractivity contribution >= 4 is 0 Å². The molecule has 0 radical (unpaired) electrons. The molecular formula is C12H15FO2. The molecule has 0 aromatic heterocycles. The molecule has 3 atom stereocenters. The van der Waals surface area contributed by atoms with Crippen molar-refractivity contribution < 1.29 is 14.2 Å². The summed E-state index contributed by atoms with van der Waals surface area (Å²) in [7, 11) is 0. The average molecular weight is 210 g/mol. The van der Waals surface area contributed by atoms with Gasteiger partial charge in [-0.1, -0.05) is 30.3 Å². The van der Waals surface area contributed by atoms with Gasteiger partial charge in [-0.25, -0.2) is 4.39 Å². The molecule has 1 saturated heterocycles. The van der Waals surface area contributed by atoms with Crippen LogP contribution < -0.4 is 0 Å².